The van der Waals surface area contributed by atoms with Gasteiger partial charge in [-0.05, 0) is 38.9 Å². The standard InChI is InChI=1S/C13H18N4O3/c1-10-8-11(2)16(15-10)7-3-6-14-9-12-4-5-13(20-12)17(18)19/h4-5,8,14H,3,6-7,9H2,1-2H3. The van der Waals surface area contributed by atoms with Crippen LogP contribution in [-0.2, 0) is 13.1 Å². The molecular formula is C13H18N4O3. The number of furan rings is 1. The molecule has 108 valence electrons. The van der Waals surface area contributed by atoms with E-state index in [2.05, 4.69) is 16.5 Å². The second-order valence-corrected chi connectivity index (χ2v) is 4.68. The summed E-state index contributed by atoms with van der Waals surface area (Å²) >= 11 is 0. The van der Waals surface area contributed by atoms with E-state index in [9.17, 15) is 10.1 Å². The lowest BCUT2D eigenvalue weighted by molar-refractivity contribution is -0.402. The van der Waals surface area contributed by atoms with Gasteiger partial charge in [-0.2, -0.15) is 5.10 Å². The summed E-state index contributed by atoms with van der Waals surface area (Å²) < 4.78 is 7.03. The van der Waals surface area contributed by atoms with Gasteiger partial charge < -0.3 is 9.73 Å². The summed E-state index contributed by atoms with van der Waals surface area (Å²) in [5.74, 6) is 0.354. The normalized spacial score (nSPS) is 10.9. The molecule has 2 heterocycles. The molecule has 0 radical (unpaired) electrons. The van der Waals surface area contributed by atoms with Gasteiger partial charge in [-0.3, -0.25) is 14.8 Å². The van der Waals surface area contributed by atoms with Gasteiger partial charge in [0.25, 0.3) is 0 Å². The Morgan fingerprint density at radius 1 is 1.45 bits per heavy atom. The van der Waals surface area contributed by atoms with Crippen molar-refractivity contribution in [2.24, 2.45) is 0 Å². The Labute approximate surface area is 116 Å². The van der Waals surface area contributed by atoms with Crippen LogP contribution >= 0.6 is 0 Å². The van der Waals surface area contributed by atoms with Gasteiger partial charge in [-0.1, -0.05) is 0 Å². The zero-order valence-corrected chi connectivity index (χ0v) is 11.6. The second-order valence-electron chi connectivity index (χ2n) is 4.68. The molecular weight excluding hydrogens is 260 g/mol. The van der Waals surface area contributed by atoms with E-state index in [0.29, 0.717) is 12.3 Å². The third-order valence-electron chi connectivity index (χ3n) is 2.95. The van der Waals surface area contributed by atoms with Crippen LogP contribution < -0.4 is 5.32 Å². The Morgan fingerprint density at radius 2 is 2.25 bits per heavy atom. The number of nitrogens with zero attached hydrogens (tertiary/aromatic N) is 3. The maximum atomic E-state index is 10.5. The number of hydrogen-bond acceptors (Lipinski definition) is 5. The molecule has 0 spiro atoms. The molecule has 2 rings (SSSR count). The molecule has 0 aromatic carbocycles. The van der Waals surface area contributed by atoms with Crippen LogP contribution in [0.4, 0.5) is 5.88 Å². The molecule has 0 fully saturated rings. The van der Waals surface area contributed by atoms with Crippen molar-refractivity contribution in [3.63, 3.8) is 0 Å². The molecule has 0 aliphatic carbocycles. The summed E-state index contributed by atoms with van der Waals surface area (Å²) in [5.41, 5.74) is 2.18. The van der Waals surface area contributed by atoms with Gasteiger partial charge in [0.2, 0.25) is 0 Å². The maximum absolute atomic E-state index is 10.5. The molecule has 0 unspecified atom stereocenters. The Kier molecular flexibility index (Phi) is 4.52. The quantitative estimate of drug-likeness (QED) is 0.476. The van der Waals surface area contributed by atoms with Crippen LogP contribution in [-0.4, -0.2) is 21.2 Å². The number of hydrogen-bond donors (Lipinski definition) is 1. The molecule has 0 saturated heterocycles. The Bertz CT molecular complexity index is 588. The molecule has 0 bridgehead atoms. The van der Waals surface area contributed by atoms with Gasteiger partial charge in [-0.25, -0.2) is 0 Å². The predicted molar refractivity (Wildman–Crippen MR) is 73.4 cm³/mol. The third kappa shape index (κ3) is 3.67. The fraction of sp³-hybridized carbons (Fsp3) is 0.462. The van der Waals surface area contributed by atoms with E-state index in [1.54, 1.807) is 6.07 Å². The number of aromatic nitrogens is 2. The molecule has 1 N–H and O–H groups in total. The van der Waals surface area contributed by atoms with Crippen LogP contribution in [0.5, 0.6) is 0 Å². The Balaban J connectivity index is 1.68. The van der Waals surface area contributed by atoms with Crippen molar-refractivity contribution in [1.82, 2.24) is 15.1 Å². The molecule has 7 heteroatoms. The molecule has 0 aliphatic heterocycles. The van der Waals surface area contributed by atoms with Gasteiger partial charge >= 0.3 is 5.88 Å². The summed E-state index contributed by atoms with van der Waals surface area (Å²) in [6.45, 7) is 6.16. The first-order valence-electron chi connectivity index (χ1n) is 6.51. The lowest BCUT2D eigenvalue weighted by Gasteiger charge is -2.05. The summed E-state index contributed by atoms with van der Waals surface area (Å²) in [4.78, 5) is 9.93. The van der Waals surface area contributed by atoms with Crippen LogP contribution in [0.2, 0.25) is 0 Å². The highest BCUT2D eigenvalue weighted by Gasteiger charge is 2.11. The smallest absolute Gasteiger partial charge is 0.404 e. The maximum Gasteiger partial charge on any atom is 0.433 e. The fourth-order valence-corrected chi connectivity index (χ4v) is 2.03. The van der Waals surface area contributed by atoms with Crippen molar-refractivity contribution in [3.05, 3.63) is 45.5 Å². The van der Waals surface area contributed by atoms with Crippen molar-refractivity contribution in [3.8, 4) is 0 Å². The molecule has 7 nitrogen and oxygen atoms in total. The van der Waals surface area contributed by atoms with E-state index in [1.807, 2.05) is 18.5 Å². The van der Waals surface area contributed by atoms with E-state index in [4.69, 9.17) is 4.42 Å². The van der Waals surface area contributed by atoms with Crippen LogP contribution in [0, 0.1) is 24.0 Å². The van der Waals surface area contributed by atoms with Crippen molar-refractivity contribution in [2.45, 2.75) is 33.4 Å². The topological polar surface area (TPSA) is 86.1 Å². The average Bonchev–Trinajstić information content (AvgIpc) is 2.96. The Morgan fingerprint density at radius 3 is 2.85 bits per heavy atom. The van der Waals surface area contributed by atoms with Gasteiger partial charge in [0.15, 0.2) is 0 Å². The minimum Gasteiger partial charge on any atom is -0.404 e. The summed E-state index contributed by atoms with van der Waals surface area (Å²) in [6.07, 6.45) is 0.935. The Hall–Kier alpha value is -2.15. The zero-order chi connectivity index (χ0) is 14.5. The highest BCUT2D eigenvalue weighted by atomic mass is 16.6. The lowest BCUT2D eigenvalue weighted by Crippen LogP contribution is -2.16. The first kappa shape index (κ1) is 14.3. The number of rotatable bonds is 7. The zero-order valence-electron chi connectivity index (χ0n) is 11.6. The monoisotopic (exact) mass is 278 g/mol. The number of aryl methyl sites for hydroxylation is 3. The van der Waals surface area contributed by atoms with Crippen LogP contribution in [0.3, 0.4) is 0 Å². The molecule has 2 aromatic heterocycles. The molecule has 20 heavy (non-hydrogen) atoms. The second kappa shape index (κ2) is 6.33. The highest BCUT2D eigenvalue weighted by molar-refractivity contribution is 5.17. The predicted octanol–water partition coefficient (Wildman–Crippen LogP) is 2.18. The number of nitro groups is 1. The van der Waals surface area contributed by atoms with Crippen molar-refractivity contribution in [1.29, 1.82) is 0 Å². The molecule has 0 saturated carbocycles. The van der Waals surface area contributed by atoms with Gasteiger partial charge in [0, 0.05) is 12.2 Å². The van der Waals surface area contributed by atoms with Gasteiger partial charge in [0.1, 0.15) is 10.7 Å². The average molecular weight is 278 g/mol. The van der Waals surface area contributed by atoms with Gasteiger partial charge in [-0.15, -0.1) is 0 Å². The summed E-state index contributed by atoms with van der Waals surface area (Å²) in [5, 5.41) is 18.0. The molecule has 0 aliphatic rings. The molecule has 0 atom stereocenters. The SMILES string of the molecule is Cc1cc(C)n(CCCNCc2ccc([N+](=O)[O-])o2)n1. The van der Waals surface area contributed by atoms with E-state index in [0.717, 1.165) is 30.9 Å². The van der Waals surface area contributed by atoms with Crippen LogP contribution in [0.25, 0.3) is 0 Å². The van der Waals surface area contributed by atoms with E-state index in [1.165, 1.54) is 6.07 Å². The van der Waals surface area contributed by atoms with Crippen molar-refractivity contribution >= 4 is 5.88 Å². The highest BCUT2D eigenvalue weighted by Crippen LogP contribution is 2.15. The first-order chi connectivity index (χ1) is 9.56. The van der Waals surface area contributed by atoms with Crippen molar-refractivity contribution < 1.29 is 9.34 Å². The van der Waals surface area contributed by atoms with Crippen molar-refractivity contribution in [2.75, 3.05) is 6.54 Å². The lowest BCUT2D eigenvalue weighted by atomic mass is 10.3. The van der Waals surface area contributed by atoms with E-state index < -0.39 is 4.92 Å². The largest absolute Gasteiger partial charge is 0.433 e. The van der Waals surface area contributed by atoms with E-state index in [-0.39, 0.29) is 5.88 Å². The third-order valence-corrected chi connectivity index (χ3v) is 2.95. The minimum absolute atomic E-state index is 0.218. The van der Waals surface area contributed by atoms with Crippen LogP contribution in [0.1, 0.15) is 23.6 Å². The summed E-state index contributed by atoms with van der Waals surface area (Å²) in [6, 6.07) is 5.04. The van der Waals surface area contributed by atoms with Crippen LogP contribution in [0.15, 0.2) is 22.6 Å². The minimum atomic E-state index is -0.535. The summed E-state index contributed by atoms with van der Waals surface area (Å²) in [7, 11) is 0. The molecule has 0 amide bonds. The molecule has 2 aromatic rings. The number of nitrogens with one attached hydrogen (secondary N) is 1. The first-order valence-corrected chi connectivity index (χ1v) is 6.51. The fourth-order valence-electron chi connectivity index (χ4n) is 2.03. The van der Waals surface area contributed by atoms with Gasteiger partial charge in [0.05, 0.1) is 18.3 Å². The van der Waals surface area contributed by atoms with E-state index >= 15 is 0 Å².